The number of nitrogens with zero attached hydrogens (tertiary/aromatic N) is 2. The molecule has 100 valence electrons. The predicted octanol–water partition coefficient (Wildman–Crippen LogP) is 1.64. The molecule has 1 aromatic rings. The van der Waals surface area contributed by atoms with Gasteiger partial charge in [0.1, 0.15) is 0 Å². The Balaban J connectivity index is 2.20. The highest BCUT2D eigenvalue weighted by atomic mass is 16.2. The zero-order valence-corrected chi connectivity index (χ0v) is 11.3. The van der Waals surface area contributed by atoms with Gasteiger partial charge in [0.15, 0.2) is 0 Å². The number of carbonyl (C=O) groups excluding carboxylic acids is 1. The first-order valence-electron chi connectivity index (χ1n) is 6.70. The standard InChI is InChI=1S/C15H19N3O/c1-17-9-7-12-3-5-14-13(11-12)4-6-15(19)18(14)10-2-8-16/h3,5,11,17H,2,4,6-7,9-10H2,1H3. The molecule has 0 spiro atoms. The SMILES string of the molecule is CNCCc1ccc2c(c1)CCC(=O)N2CCC#N. The second-order valence-corrected chi connectivity index (χ2v) is 4.77. The van der Waals surface area contributed by atoms with Crippen LogP contribution in [0.2, 0.25) is 0 Å². The molecular formula is C15H19N3O. The van der Waals surface area contributed by atoms with Crippen LogP contribution in [0.4, 0.5) is 5.69 Å². The Bertz CT molecular complexity index is 505. The minimum atomic E-state index is 0.130. The summed E-state index contributed by atoms with van der Waals surface area (Å²) >= 11 is 0. The van der Waals surface area contributed by atoms with E-state index in [0.717, 1.165) is 25.1 Å². The summed E-state index contributed by atoms with van der Waals surface area (Å²) in [7, 11) is 1.95. The molecule has 19 heavy (non-hydrogen) atoms. The number of rotatable bonds is 5. The molecule has 0 fully saturated rings. The number of likely N-dealkylation sites (N-methyl/N-ethyl adjacent to an activating group) is 1. The summed E-state index contributed by atoms with van der Waals surface area (Å²) in [5, 5.41) is 11.8. The van der Waals surface area contributed by atoms with E-state index in [4.69, 9.17) is 5.26 Å². The fourth-order valence-electron chi connectivity index (χ4n) is 2.45. The number of nitriles is 1. The Kier molecular flexibility index (Phi) is 4.53. The monoisotopic (exact) mass is 257 g/mol. The predicted molar refractivity (Wildman–Crippen MR) is 75.0 cm³/mol. The normalized spacial score (nSPS) is 14.1. The highest BCUT2D eigenvalue weighted by Gasteiger charge is 2.23. The molecule has 1 aliphatic heterocycles. The van der Waals surface area contributed by atoms with Crippen LogP contribution in [0.5, 0.6) is 0 Å². The van der Waals surface area contributed by atoms with Crippen molar-refractivity contribution in [2.24, 2.45) is 0 Å². The van der Waals surface area contributed by atoms with Gasteiger partial charge in [-0.25, -0.2) is 0 Å². The van der Waals surface area contributed by atoms with Crippen LogP contribution in [0.15, 0.2) is 18.2 Å². The number of aryl methyl sites for hydroxylation is 1. The minimum absolute atomic E-state index is 0.130. The van der Waals surface area contributed by atoms with Gasteiger partial charge in [0, 0.05) is 18.7 Å². The van der Waals surface area contributed by atoms with Gasteiger partial charge in [-0.05, 0) is 43.6 Å². The van der Waals surface area contributed by atoms with E-state index in [2.05, 4.69) is 23.5 Å². The van der Waals surface area contributed by atoms with Crippen molar-refractivity contribution in [2.75, 3.05) is 25.0 Å². The van der Waals surface area contributed by atoms with Crippen molar-refractivity contribution in [1.29, 1.82) is 5.26 Å². The first kappa shape index (κ1) is 13.6. The molecule has 1 aliphatic rings. The summed E-state index contributed by atoms with van der Waals surface area (Å²) in [6.07, 6.45) is 2.74. The van der Waals surface area contributed by atoms with Gasteiger partial charge in [-0.2, -0.15) is 5.26 Å². The molecule has 0 radical (unpaired) electrons. The fraction of sp³-hybridized carbons (Fsp3) is 0.467. The Morgan fingerprint density at radius 1 is 1.42 bits per heavy atom. The van der Waals surface area contributed by atoms with E-state index in [9.17, 15) is 4.79 Å². The minimum Gasteiger partial charge on any atom is -0.319 e. The maximum absolute atomic E-state index is 11.9. The zero-order chi connectivity index (χ0) is 13.7. The van der Waals surface area contributed by atoms with Gasteiger partial charge in [-0.3, -0.25) is 4.79 Å². The van der Waals surface area contributed by atoms with Crippen molar-refractivity contribution in [3.8, 4) is 6.07 Å². The molecule has 1 N–H and O–H groups in total. The van der Waals surface area contributed by atoms with Crippen LogP contribution in [-0.4, -0.2) is 26.0 Å². The number of amides is 1. The molecule has 0 bridgehead atoms. The van der Waals surface area contributed by atoms with E-state index in [1.54, 1.807) is 4.90 Å². The van der Waals surface area contributed by atoms with Crippen LogP contribution in [0.3, 0.4) is 0 Å². The lowest BCUT2D eigenvalue weighted by atomic mass is 9.97. The van der Waals surface area contributed by atoms with Crippen molar-refractivity contribution in [2.45, 2.75) is 25.7 Å². The van der Waals surface area contributed by atoms with Crippen LogP contribution in [0.25, 0.3) is 0 Å². The average Bonchev–Trinajstić information content (AvgIpc) is 2.44. The quantitative estimate of drug-likeness (QED) is 0.872. The maximum Gasteiger partial charge on any atom is 0.227 e. The Morgan fingerprint density at radius 3 is 3.00 bits per heavy atom. The van der Waals surface area contributed by atoms with Gasteiger partial charge in [0.05, 0.1) is 12.5 Å². The van der Waals surface area contributed by atoms with Crippen LogP contribution >= 0.6 is 0 Å². The second-order valence-electron chi connectivity index (χ2n) is 4.77. The van der Waals surface area contributed by atoms with E-state index in [1.165, 1.54) is 11.1 Å². The third-order valence-electron chi connectivity index (χ3n) is 3.45. The second kappa shape index (κ2) is 6.35. The molecule has 1 heterocycles. The number of nitrogens with one attached hydrogen (secondary N) is 1. The Hall–Kier alpha value is -1.86. The third-order valence-corrected chi connectivity index (χ3v) is 3.45. The van der Waals surface area contributed by atoms with Crippen molar-refractivity contribution in [3.05, 3.63) is 29.3 Å². The fourth-order valence-corrected chi connectivity index (χ4v) is 2.45. The number of hydrogen-bond acceptors (Lipinski definition) is 3. The number of hydrogen-bond donors (Lipinski definition) is 1. The Labute approximate surface area is 114 Å². The van der Waals surface area contributed by atoms with E-state index >= 15 is 0 Å². The molecule has 0 saturated heterocycles. The maximum atomic E-state index is 11.9. The summed E-state index contributed by atoms with van der Waals surface area (Å²) in [6, 6.07) is 8.40. The molecule has 1 aromatic carbocycles. The van der Waals surface area contributed by atoms with Crippen molar-refractivity contribution in [3.63, 3.8) is 0 Å². The van der Waals surface area contributed by atoms with Crippen molar-refractivity contribution >= 4 is 11.6 Å². The summed E-state index contributed by atoms with van der Waals surface area (Å²) in [5.74, 6) is 0.130. The summed E-state index contributed by atoms with van der Waals surface area (Å²) in [5.41, 5.74) is 3.51. The topological polar surface area (TPSA) is 56.1 Å². The lowest BCUT2D eigenvalue weighted by Crippen LogP contribution is -2.35. The summed E-state index contributed by atoms with van der Waals surface area (Å²) in [6.45, 7) is 1.45. The van der Waals surface area contributed by atoms with Gasteiger partial charge < -0.3 is 10.2 Å². The van der Waals surface area contributed by atoms with Gasteiger partial charge in [0.25, 0.3) is 0 Å². The average molecular weight is 257 g/mol. The summed E-state index contributed by atoms with van der Waals surface area (Å²) in [4.78, 5) is 13.7. The van der Waals surface area contributed by atoms with E-state index in [-0.39, 0.29) is 5.91 Å². The largest absolute Gasteiger partial charge is 0.319 e. The molecule has 1 amide bonds. The first-order valence-corrected chi connectivity index (χ1v) is 6.70. The van der Waals surface area contributed by atoms with Crippen LogP contribution in [-0.2, 0) is 17.6 Å². The lowest BCUT2D eigenvalue weighted by molar-refractivity contribution is -0.118. The highest BCUT2D eigenvalue weighted by molar-refractivity contribution is 5.96. The molecule has 0 aliphatic carbocycles. The van der Waals surface area contributed by atoms with E-state index < -0.39 is 0 Å². The molecule has 4 nitrogen and oxygen atoms in total. The third kappa shape index (κ3) is 3.12. The molecule has 0 atom stereocenters. The number of anilines is 1. The molecular weight excluding hydrogens is 238 g/mol. The smallest absolute Gasteiger partial charge is 0.227 e. The lowest BCUT2D eigenvalue weighted by Gasteiger charge is -2.29. The van der Waals surface area contributed by atoms with Crippen LogP contribution < -0.4 is 10.2 Å². The molecule has 0 saturated carbocycles. The van der Waals surface area contributed by atoms with Gasteiger partial charge in [-0.1, -0.05) is 12.1 Å². The van der Waals surface area contributed by atoms with Gasteiger partial charge in [-0.15, -0.1) is 0 Å². The van der Waals surface area contributed by atoms with Gasteiger partial charge in [0.2, 0.25) is 5.91 Å². The highest BCUT2D eigenvalue weighted by Crippen LogP contribution is 2.29. The number of carbonyl (C=O) groups is 1. The van der Waals surface area contributed by atoms with Crippen molar-refractivity contribution < 1.29 is 4.79 Å². The van der Waals surface area contributed by atoms with E-state index in [0.29, 0.717) is 19.4 Å². The first-order chi connectivity index (χ1) is 9.26. The van der Waals surface area contributed by atoms with Crippen molar-refractivity contribution in [1.82, 2.24) is 5.32 Å². The molecule has 0 aromatic heterocycles. The molecule has 2 rings (SSSR count). The van der Waals surface area contributed by atoms with Crippen LogP contribution in [0.1, 0.15) is 24.0 Å². The molecule has 4 heteroatoms. The zero-order valence-electron chi connectivity index (χ0n) is 11.3. The molecule has 0 unspecified atom stereocenters. The summed E-state index contributed by atoms with van der Waals surface area (Å²) < 4.78 is 0. The number of benzene rings is 1. The van der Waals surface area contributed by atoms with Crippen LogP contribution in [0, 0.1) is 11.3 Å². The number of fused-ring (bicyclic) bond motifs is 1. The Morgan fingerprint density at radius 2 is 2.26 bits per heavy atom. The van der Waals surface area contributed by atoms with E-state index in [1.807, 2.05) is 13.1 Å². The van der Waals surface area contributed by atoms with Gasteiger partial charge >= 0.3 is 0 Å².